The molecule has 0 saturated heterocycles. The molecule has 6 rings (SSSR count). The van der Waals surface area contributed by atoms with Gasteiger partial charge in [-0.05, 0) is 101 Å². The quantitative estimate of drug-likeness (QED) is 0.114. The zero-order valence-corrected chi connectivity index (χ0v) is 31.5. The fraction of sp³-hybridized carbons (Fsp3) is 0.182. The largest absolute Gasteiger partial charge is 0.416 e. The van der Waals surface area contributed by atoms with Gasteiger partial charge in [0.25, 0.3) is 0 Å². The molecule has 0 aliphatic heterocycles. The maximum Gasteiger partial charge on any atom is 0.416 e. The molecule has 0 nitrogen and oxygen atoms in total. The molecule has 0 aliphatic carbocycles. The first-order chi connectivity index (χ1) is 23.2. The molecular formula is C44H46B2P2. The highest BCUT2D eigenvalue weighted by atomic mass is 31.2. The molecular weight excluding hydrogens is 612 g/mol. The fourth-order valence-corrected chi connectivity index (χ4v) is 15.7. The van der Waals surface area contributed by atoms with Crippen LogP contribution in [0, 0.1) is 55.4 Å². The Morgan fingerprint density at radius 2 is 0.833 bits per heavy atom. The van der Waals surface area contributed by atoms with E-state index >= 15 is 0 Å². The summed E-state index contributed by atoms with van der Waals surface area (Å²) < 4.78 is 0. The second-order valence-corrected chi connectivity index (χ2v) is 18.4. The van der Waals surface area contributed by atoms with E-state index < -0.39 is 15.1 Å². The molecule has 0 aliphatic rings. The second-order valence-electron chi connectivity index (χ2n) is 13.3. The summed E-state index contributed by atoms with van der Waals surface area (Å²) in [7, 11) is -1.71. The van der Waals surface area contributed by atoms with Gasteiger partial charge in [-0.3, -0.25) is 0 Å². The Hall–Kier alpha value is -3.82. The normalized spacial score (nSPS) is 11.9. The van der Waals surface area contributed by atoms with Gasteiger partial charge in [0.1, 0.15) is 5.77 Å². The molecule has 48 heavy (non-hydrogen) atoms. The Morgan fingerprint density at radius 1 is 0.458 bits per heavy atom. The van der Waals surface area contributed by atoms with Gasteiger partial charge in [0.05, 0.1) is 5.30 Å². The first-order valence-corrected chi connectivity index (χ1v) is 20.0. The second kappa shape index (κ2) is 14.7. The maximum atomic E-state index is 2.43. The summed E-state index contributed by atoms with van der Waals surface area (Å²) in [6.07, 6.45) is 0.198. The number of benzene rings is 6. The van der Waals surface area contributed by atoms with Crippen LogP contribution in [0.1, 0.15) is 44.5 Å². The Bertz CT molecular complexity index is 2000. The van der Waals surface area contributed by atoms with Crippen LogP contribution in [0.3, 0.4) is 0 Å². The summed E-state index contributed by atoms with van der Waals surface area (Å²) in [4.78, 5) is 0. The van der Waals surface area contributed by atoms with Gasteiger partial charge in [0, 0.05) is 0 Å². The summed E-state index contributed by atoms with van der Waals surface area (Å²) in [5.41, 5.74) is 15.7. The van der Waals surface area contributed by atoms with E-state index in [9.17, 15) is 0 Å². The summed E-state index contributed by atoms with van der Waals surface area (Å²) in [5.74, 6) is 0.255. The van der Waals surface area contributed by atoms with Crippen molar-refractivity contribution in [3.05, 3.63) is 178 Å². The minimum atomic E-state index is -0.884. The van der Waals surface area contributed by atoms with Crippen LogP contribution in [0.25, 0.3) is 0 Å². The van der Waals surface area contributed by atoms with Crippen molar-refractivity contribution in [1.82, 2.24) is 0 Å². The van der Waals surface area contributed by atoms with Crippen LogP contribution >= 0.6 is 15.1 Å². The van der Waals surface area contributed by atoms with Crippen molar-refractivity contribution in [1.29, 1.82) is 0 Å². The van der Waals surface area contributed by atoms with Gasteiger partial charge in [-0.2, -0.15) is 20.6 Å². The lowest BCUT2D eigenvalue weighted by Crippen LogP contribution is -2.47. The molecule has 0 radical (unpaired) electrons. The number of aryl methyl sites for hydroxylation is 4. The lowest BCUT2D eigenvalue weighted by molar-refractivity contribution is 1.27. The van der Waals surface area contributed by atoms with Gasteiger partial charge in [-0.1, -0.05) is 154 Å². The first-order valence-electron chi connectivity index (χ1n) is 17.1. The number of rotatable bonds is 8. The Balaban J connectivity index is 1.93. The predicted molar refractivity (Wildman–Crippen MR) is 220 cm³/mol. The summed E-state index contributed by atoms with van der Waals surface area (Å²) >= 11 is 0. The molecule has 0 spiro atoms. The monoisotopic (exact) mass is 658 g/mol. The fourth-order valence-electron chi connectivity index (χ4n) is 7.43. The average Bonchev–Trinajstić information content (AvgIpc) is 3.11. The van der Waals surface area contributed by atoms with Crippen LogP contribution in [-0.4, -0.2) is 12.2 Å². The Labute approximate surface area is 291 Å². The zero-order chi connectivity index (χ0) is 33.9. The molecule has 0 amide bonds. The third kappa shape index (κ3) is 6.59. The molecule has 0 aromatic heterocycles. The Morgan fingerprint density at radius 3 is 1.27 bits per heavy atom. The SMILES string of the molecule is Cc1cc(C)c(C)c(B(c2ccccc2)/[P+](=[B-](/c2c(C)c(C)cc(C)c2C)P(c2ccccc2)c2ccccc2)c2ccccc2)c1C. The molecule has 0 N–H and O–H groups in total. The molecule has 0 fully saturated rings. The van der Waals surface area contributed by atoms with E-state index in [-0.39, 0.29) is 12.2 Å². The van der Waals surface area contributed by atoms with E-state index in [0.29, 0.717) is 0 Å². The van der Waals surface area contributed by atoms with Gasteiger partial charge in [0.15, 0.2) is 0 Å². The third-order valence-corrected chi connectivity index (χ3v) is 17.1. The van der Waals surface area contributed by atoms with Crippen molar-refractivity contribution in [3.8, 4) is 0 Å². The first kappa shape index (κ1) is 34.1. The van der Waals surface area contributed by atoms with Crippen molar-refractivity contribution in [2.24, 2.45) is 0 Å². The van der Waals surface area contributed by atoms with Crippen molar-refractivity contribution in [2.75, 3.05) is 0 Å². The van der Waals surface area contributed by atoms with Crippen LogP contribution in [0.4, 0.5) is 0 Å². The Kier molecular flexibility index (Phi) is 10.5. The van der Waals surface area contributed by atoms with E-state index in [0.717, 1.165) is 0 Å². The summed E-state index contributed by atoms with van der Waals surface area (Å²) in [6.45, 7) is 18.7. The molecule has 1 unspecified atom stereocenters. The molecule has 1 atom stereocenters. The average molecular weight is 658 g/mol. The summed E-state index contributed by atoms with van der Waals surface area (Å²) in [5, 5.41) is 4.33. The van der Waals surface area contributed by atoms with Crippen molar-refractivity contribution < 1.29 is 0 Å². The van der Waals surface area contributed by atoms with E-state index in [1.54, 1.807) is 5.46 Å². The van der Waals surface area contributed by atoms with Gasteiger partial charge < -0.3 is 0 Å². The van der Waals surface area contributed by atoms with Crippen molar-refractivity contribution in [2.45, 2.75) is 55.4 Å². The molecule has 0 heterocycles. The third-order valence-electron chi connectivity index (χ3n) is 10.4. The lowest BCUT2D eigenvalue weighted by atomic mass is 9.58. The van der Waals surface area contributed by atoms with Gasteiger partial charge in [-0.15, -0.1) is 0 Å². The molecule has 4 heteroatoms. The highest BCUT2D eigenvalue weighted by molar-refractivity contribution is 8.23. The summed E-state index contributed by atoms with van der Waals surface area (Å²) in [6, 6.07) is 50.7. The van der Waals surface area contributed by atoms with Gasteiger partial charge >= 0.3 is 6.43 Å². The molecule has 6 aromatic rings. The van der Waals surface area contributed by atoms with Crippen LogP contribution in [0.5, 0.6) is 0 Å². The van der Waals surface area contributed by atoms with Crippen LogP contribution < -0.4 is 32.3 Å². The highest BCUT2D eigenvalue weighted by Gasteiger charge is 2.39. The molecule has 0 saturated carbocycles. The molecule has 238 valence electrons. The smallest absolute Gasteiger partial charge is 0.178 e. The minimum Gasteiger partial charge on any atom is -0.178 e. The maximum absolute atomic E-state index is 2.43. The number of hydrogen-bond acceptors (Lipinski definition) is 0. The highest BCUT2D eigenvalue weighted by Crippen LogP contribution is 2.45. The minimum absolute atomic E-state index is 0.198. The zero-order valence-electron chi connectivity index (χ0n) is 29.8. The number of hydrogen-bond donors (Lipinski definition) is 0. The van der Waals surface area contributed by atoms with E-state index in [1.165, 1.54) is 71.3 Å². The topological polar surface area (TPSA) is 0 Å². The molecule has 6 aromatic carbocycles. The van der Waals surface area contributed by atoms with Crippen LogP contribution in [0.2, 0.25) is 0 Å². The molecule has 0 bridgehead atoms. The van der Waals surface area contributed by atoms with Gasteiger partial charge in [-0.25, -0.2) is 0 Å². The van der Waals surface area contributed by atoms with E-state index in [2.05, 4.69) is 189 Å². The van der Waals surface area contributed by atoms with Crippen LogP contribution in [0.15, 0.2) is 133 Å². The standard InChI is InChI=1S/C44H46B2P2/c1-31-29-32(2)36(6)43(35(31)5)45(39-21-13-9-14-22-39)48(42-27-19-12-20-28-42)46(44-37(7)33(3)30-34(4)38(44)8)47(40-23-15-10-16-24-40)41-25-17-11-18-26-41/h9-30H,1-8H3. The van der Waals surface area contributed by atoms with Crippen LogP contribution in [-0.2, 0) is 0 Å². The van der Waals surface area contributed by atoms with E-state index in [1.807, 2.05) is 0 Å². The van der Waals surface area contributed by atoms with Crippen molar-refractivity contribution >= 4 is 59.6 Å². The predicted octanol–water partition coefficient (Wildman–Crippen LogP) is 8.60. The van der Waals surface area contributed by atoms with E-state index in [4.69, 9.17) is 0 Å². The lowest BCUT2D eigenvalue weighted by Gasteiger charge is -2.35. The van der Waals surface area contributed by atoms with Crippen molar-refractivity contribution in [3.63, 3.8) is 0 Å². The van der Waals surface area contributed by atoms with Gasteiger partial charge in [0.2, 0.25) is 0 Å².